The molecule has 1 aromatic rings. The average molecular weight is 319 g/mol. The first-order chi connectivity index (χ1) is 10.8. The first-order valence-corrected chi connectivity index (χ1v) is 7.47. The van der Waals surface area contributed by atoms with Crippen LogP contribution in [0, 0.1) is 22.6 Å². The second-order valence-electron chi connectivity index (χ2n) is 6.19. The fourth-order valence-electron chi connectivity index (χ4n) is 1.86. The number of anilines is 1. The van der Waals surface area contributed by atoms with E-state index < -0.39 is 5.41 Å². The summed E-state index contributed by atoms with van der Waals surface area (Å²) in [6, 6.07) is 7.52. The molecular weight excluding hydrogens is 297 g/mol. The molecule has 0 unspecified atom stereocenters. The third-order valence-electron chi connectivity index (χ3n) is 3.19. The molecule has 0 radical (unpaired) electrons. The van der Waals surface area contributed by atoms with Crippen LogP contribution in [0.5, 0.6) is 0 Å². The lowest BCUT2D eigenvalue weighted by Gasteiger charge is -2.23. The number of hydrogen-bond acceptors (Lipinski definition) is 3. The minimum Gasteiger partial charge on any atom is -0.355 e. The van der Waals surface area contributed by atoms with Gasteiger partial charge in [0.05, 0.1) is 12.5 Å². The van der Waals surface area contributed by atoms with Gasteiger partial charge in [0.25, 0.3) is 0 Å². The quantitative estimate of drug-likeness (QED) is 0.876. The highest BCUT2D eigenvalue weighted by molar-refractivity contribution is 5.93. The lowest BCUT2D eigenvalue weighted by molar-refractivity contribution is -0.128. The van der Waals surface area contributed by atoms with E-state index in [-0.39, 0.29) is 43.6 Å². The van der Waals surface area contributed by atoms with Crippen LogP contribution in [0.25, 0.3) is 0 Å². The maximum Gasteiger partial charge on any atom is 0.228 e. The molecule has 124 valence electrons. The molecule has 1 N–H and O–H groups in total. The predicted octanol–water partition coefficient (Wildman–Crippen LogP) is 2.62. The van der Waals surface area contributed by atoms with Gasteiger partial charge in [-0.2, -0.15) is 5.26 Å². The van der Waals surface area contributed by atoms with Crippen LogP contribution in [-0.4, -0.2) is 24.9 Å². The number of benzene rings is 1. The summed E-state index contributed by atoms with van der Waals surface area (Å²) in [7, 11) is 0. The molecule has 1 aromatic carbocycles. The van der Waals surface area contributed by atoms with Crippen LogP contribution in [0.2, 0.25) is 0 Å². The van der Waals surface area contributed by atoms with Crippen molar-refractivity contribution < 1.29 is 14.0 Å². The molecule has 0 spiro atoms. The zero-order valence-corrected chi connectivity index (χ0v) is 13.7. The van der Waals surface area contributed by atoms with Gasteiger partial charge in [-0.05, 0) is 24.3 Å². The highest BCUT2D eigenvalue weighted by Crippen LogP contribution is 2.17. The van der Waals surface area contributed by atoms with Gasteiger partial charge in [0.15, 0.2) is 0 Å². The molecule has 0 aromatic heterocycles. The number of nitrogens with one attached hydrogen (secondary N) is 1. The van der Waals surface area contributed by atoms with E-state index in [1.165, 1.54) is 29.2 Å². The summed E-state index contributed by atoms with van der Waals surface area (Å²) >= 11 is 0. The van der Waals surface area contributed by atoms with E-state index in [1.807, 2.05) is 6.07 Å². The maximum absolute atomic E-state index is 13.0. The number of nitrogens with zero attached hydrogens (tertiary/aromatic N) is 2. The molecule has 0 saturated carbocycles. The van der Waals surface area contributed by atoms with E-state index in [1.54, 1.807) is 20.8 Å². The zero-order valence-electron chi connectivity index (χ0n) is 13.7. The van der Waals surface area contributed by atoms with Crippen molar-refractivity contribution in [1.82, 2.24) is 5.32 Å². The van der Waals surface area contributed by atoms with Gasteiger partial charge in [0.2, 0.25) is 11.8 Å². The summed E-state index contributed by atoms with van der Waals surface area (Å²) in [4.78, 5) is 25.5. The van der Waals surface area contributed by atoms with E-state index in [0.29, 0.717) is 5.69 Å². The average Bonchev–Trinajstić information content (AvgIpc) is 2.48. The first kappa shape index (κ1) is 18.6. The molecule has 1 rings (SSSR count). The van der Waals surface area contributed by atoms with Crippen molar-refractivity contribution in [2.24, 2.45) is 5.41 Å². The first-order valence-electron chi connectivity index (χ1n) is 7.47. The summed E-state index contributed by atoms with van der Waals surface area (Å²) in [5.74, 6) is -0.740. The predicted molar refractivity (Wildman–Crippen MR) is 86.1 cm³/mol. The summed E-state index contributed by atoms with van der Waals surface area (Å²) in [5.41, 5.74) is 0.0225. The van der Waals surface area contributed by atoms with Gasteiger partial charge in [-0.25, -0.2) is 4.39 Å². The summed E-state index contributed by atoms with van der Waals surface area (Å²) in [6.45, 7) is 5.83. The highest BCUT2D eigenvalue weighted by Gasteiger charge is 2.21. The maximum atomic E-state index is 13.0. The summed E-state index contributed by atoms with van der Waals surface area (Å²) in [6.07, 6.45) is 0.294. The Balaban J connectivity index is 2.68. The number of hydrogen-bond donors (Lipinski definition) is 1. The van der Waals surface area contributed by atoms with Gasteiger partial charge in [-0.1, -0.05) is 20.8 Å². The molecular formula is C17H22FN3O2. The molecule has 0 heterocycles. The van der Waals surface area contributed by atoms with Gasteiger partial charge in [-0.15, -0.1) is 0 Å². The van der Waals surface area contributed by atoms with E-state index >= 15 is 0 Å². The van der Waals surface area contributed by atoms with Gasteiger partial charge in [0.1, 0.15) is 5.82 Å². The molecule has 23 heavy (non-hydrogen) atoms. The monoisotopic (exact) mass is 319 g/mol. The van der Waals surface area contributed by atoms with Crippen molar-refractivity contribution in [3.63, 3.8) is 0 Å². The molecule has 6 heteroatoms. The minimum atomic E-state index is -0.513. The van der Waals surface area contributed by atoms with Crippen molar-refractivity contribution in [2.45, 2.75) is 33.6 Å². The van der Waals surface area contributed by atoms with E-state index in [4.69, 9.17) is 5.26 Å². The van der Waals surface area contributed by atoms with Crippen LogP contribution in [0.15, 0.2) is 24.3 Å². The fraction of sp³-hybridized carbons (Fsp3) is 0.471. The van der Waals surface area contributed by atoms with Gasteiger partial charge >= 0.3 is 0 Å². The van der Waals surface area contributed by atoms with E-state index in [2.05, 4.69) is 5.32 Å². The number of nitriles is 1. The number of carbonyl (C=O) groups is 2. The summed E-state index contributed by atoms with van der Waals surface area (Å²) < 4.78 is 13.0. The van der Waals surface area contributed by atoms with Crippen molar-refractivity contribution in [3.8, 4) is 6.07 Å². The fourth-order valence-corrected chi connectivity index (χ4v) is 1.86. The van der Waals surface area contributed by atoms with Gasteiger partial charge in [0, 0.05) is 30.6 Å². The van der Waals surface area contributed by atoms with Crippen LogP contribution in [0.1, 0.15) is 33.6 Å². The van der Waals surface area contributed by atoms with Crippen molar-refractivity contribution in [2.75, 3.05) is 18.0 Å². The second kappa shape index (κ2) is 8.28. The third kappa shape index (κ3) is 6.07. The molecule has 0 fully saturated rings. The Kier molecular flexibility index (Phi) is 6.70. The molecule has 0 aliphatic heterocycles. The highest BCUT2D eigenvalue weighted by atomic mass is 19.1. The van der Waals surface area contributed by atoms with Crippen LogP contribution in [0.3, 0.4) is 0 Å². The Bertz CT molecular complexity index is 585. The van der Waals surface area contributed by atoms with Crippen LogP contribution >= 0.6 is 0 Å². The summed E-state index contributed by atoms with van der Waals surface area (Å²) in [5, 5.41) is 11.4. The number of rotatable bonds is 6. The Hall–Kier alpha value is -2.42. The van der Waals surface area contributed by atoms with Crippen LogP contribution < -0.4 is 10.2 Å². The zero-order chi connectivity index (χ0) is 17.5. The molecule has 5 nitrogen and oxygen atoms in total. The molecule has 0 aliphatic carbocycles. The van der Waals surface area contributed by atoms with Gasteiger partial charge < -0.3 is 10.2 Å². The molecule has 0 aliphatic rings. The Labute approximate surface area is 136 Å². The Morgan fingerprint density at radius 1 is 1.26 bits per heavy atom. The van der Waals surface area contributed by atoms with E-state index in [0.717, 1.165) is 0 Å². The minimum absolute atomic E-state index is 0.116. The lowest BCUT2D eigenvalue weighted by atomic mass is 9.96. The lowest BCUT2D eigenvalue weighted by Crippen LogP contribution is -2.38. The van der Waals surface area contributed by atoms with Crippen LogP contribution in [-0.2, 0) is 9.59 Å². The topological polar surface area (TPSA) is 73.2 Å². The molecule has 2 amide bonds. The Morgan fingerprint density at radius 2 is 1.87 bits per heavy atom. The largest absolute Gasteiger partial charge is 0.355 e. The second-order valence-corrected chi connectivity index (χ2v) is 6.19. The van der Waals surface area contributed by atoms with E-state index in [9.17, 15) is 14.0 Å². The van der Waals surface area contributed by atoms with Crippen molar-refractivity contribution in [1.29, 1.82) is 5.26 Å². The van der Waals surface area contributed by atoms with Crippen molar-refractivity contribution >= 4 is 17.5 Å². The smallest absolute Gasteiger partial charge is 0.228 e. The number of halogens is 1. The number of carbonyl (C=O) groups excluding carboxylic acids is 2. The number of amides is 2. The van der Waals surface area contributed by atoms with Gasteiger partial charge in [-0.3, -0.25) is 9.59 Å². The molecule has 0 bridgehead atoms. The molecule has 0 saturated heterocycles. The Morgan fingerprint density at radius 3 is 2.39 bits per heavy atom. The standard InChI is InChI=1S/C17H22FN3O2/c1-17(2,3)16(23)20-11-9-15(22)21(12-4-10-19)14-7-5-13(18)6-8-14/h5-8H,4,9,11-12H2,1-3H3,(H,20,23). The van der Waals surface area contributed by atoms with Crippen molar-refractivity contribution in [3.05, 3.63) is 30.1 Å². The third-order valence-corrected chi connectivity index (χ3v) is 3.19. The molecule has 0 atom stereocenters. The van der Waals surface area contributed by atoms with Crippen LogP contribution in [0.4, 0.5) is 10.1 Å². The SMILES string of the molecule is CC(C)(C)C(=O)NCCC(=O)N(CCC#N)c1ccc(F)cc1. The normalized spacial score (nSPS) is 10.7.